The lowest BCUT2D eigenvalue weighted by molar-refractivity contribution is -0.135. The first-order valence-electron chi connectivity index (χ1n) is 6.86. The van der Waals surface area contributed by atoms with Crippen LogP contribution in [0.1, 0.15) is 13.3 Å². The lowest BCUT2D eigenvalue weighted by atomic mass is 9.61. The molecule has 3 aliphatic rings. The van der Waals surface area contributed by atoms with Gasteiger partial charge in [0.25, 0.3) is 0 Å². The number of anilines is 1. The molecule has 18 heavy (non-hydrogen) atoms. The Bertz CT molecular complexity index is 419. The number of carbonyl (C=O) groups excluding carboxylic acids is 1. The zero-order chi connectivity index (χ0) is 12.5. The molecule has 0 aromatic heterocycles. The first kappa shape index (κ1) is 11.7. The van der Waals surface area contributed by atoms with E-state index < -0.39 is 0 Å². The summed E-state index contributed by atoms with van der Waals surface area (Å²) in [7, 11) is 0. The predicted octanol–water partition coefficient (Wildman–Crippen LogP) is 2.21. The lowest BCUT2D eigenvalue weighted by Crippen LogP contribution is -2.58. The monoisotopic (exact) mass is 244 g/mol. The van der Waals surface area contributed by atoms with Crippen LogP contribution in [0.2, 0.25) is 0 Å². The number of piperidine rings is 2. The van der Waals surface area contributed by atoms with Gasteiger partial charge in [0.15, 0.2) is 0 Å². The standard InChI is InChI=1S/C15H20N2O/c1-2-17-9-11-8-12(10-17)14(11)15(18)16-13-6-4-3-5-7-13/h3-7,11-12,14H,2,8-10H2,1H3,(H,16,18). The summed E-state index contributed by atoms with van der Waals surface area (Å²) in [5, 5.41) is 3.05. The Kier molecular flexibility index (Phi) is 3.08. The number of nitrogens with one attached hydrogen (secondary N) is 1. The molecule has 2 saturated heterocycles. The van der Waals surface area contributed by atoms with Crippen LogP contribution in [0.3, 0.4) is 0 Å². The number of hydrogen-bond donors (Lipinski definition) is 1. The molecule has 1 saturated carbocycles. The fourth-order valence-corrected chi connectivity index (χ4v) is 3.42. The third-order valence-corrected chi connectivity index (χ3v) is 4.40. The van der Waals surface area contributed by atoms with Gasteiger partial charge in [0.1, 0.15) is 0 Å². The molecule has 4 rings (SSSR count). The molecule has 2 bridgehead atoms. The van der Waals surface area contributed by atoms with Crippen molar-refractivity contribution in [2.75, 3.05) is 25.0 Å². The van der Waals surface area contributed by atoms with Crippen molar-refractivity contribution in [3.05, 3.63) is 30.3 Å². The average molecular weight is 244 g/mol. The van der Waals surface area contributed by atoms with Crippen LogP contribution in [0.25, 0.3) is 0 Å². The molecule has 3 heteroatoms. The fourth-order valence-electron chi connectivity index (χ4n) is 3.42. The van der Waals surface area contributed by atoms with Crippen LogP contribution in [-0.2, 0) is 4.79 Å². The molecule has 1 aliphatic carbocycles. The Morgan fingerprint density at radius 3 is 2.56 bits per heavy atom. The molecule has 3 fully saturated rings. The Morgan fingerprint density at radius 1 is 1.28 bits per heavy atom. The molecule has 2 aliphatic heterocycles. The Balaban J connectivity index is 1.62. The van der Waals surface area contributed by atoms with Gasteiger partial charge in [-0.25, -0.2) is 0 Å². The van der Waals surface area contributed by atoms with Gasteiger partial charge >= 0.3 is 0 Å². The predicted molar refractivity (Wildman–Crippen MR) is 72.3 cm³/mol. The normalized spacial score (nSPS) is 30.6. The number of fused-ring (bicyclic) bond motifs is 2. The molecular weight excluding hydrogens is 224 g/mol. The van der Waals surface area contributed by atoms with Crippen molar-refractivity contribution in [3.8, 4) is 0 Å². The quantitative estimate of drug-likeness (QED) is 0.884. The van der Waals surface area contributed by atoms with Crippen molar-refractivity contribution in [2.45, 2.75) is 13.3 Å². The largest absolute Gasteiger partial charge is 0.326 e. The van der Waals surface area contributed by atoms with Gasteiger partial charge in [0, 0.05) is 24.7 Å². The molecule has 96 valence electrons. The highest BCUT2D eigenvalue weighted by molar-refractivity contribution is 5.93. The third kappa shape index (κ3) is 2.03. The van der Waals surface area contributed by atoms with Crippen LogP contribution in [0.5, 0.6) is 0 Å². The number of benzene rings is 1. The Hall–Kier alpha value is -1.35. The number of amides is 1. The average Bonchev–Trinajstić information content (AvgIpc) is 2.39. The smallest absolute Gasteiger partial charge is 0.228 e. The summed E-state index contributed by atoms with van der Waals surface area (Å²) in [6, 6.07) is 9.77. The van der Waals surface area contributed by atoms with Crippen molar-refractivity contribution in [1.82, 2.24) is 4.90 Å². The summed E-state index contributed by atoms with van der Waals surface area (Å²) in [5.41, 5.74) is 0.917. The van der Waals surface area contributed by atoms with Crippen molar-refractivity contribution in [3.63, 3.8) is 0 Å². The Morgan fingerprint density at radius 2 is 1.94 bits per heavy atom. The van der Waals surface area contributed by atoms with Crippen molar-refractivity contribution >= 4 is 11.6 Å². The van der Waals surface area contributed by atoms with Crippen LogP contribution in [-0.4, -0.2) is 30.4 Å². The van der Waals surface area contributed by atoms with Gasteiger partial charge in [-0.3, -0.25) is 4.79 Å². The third-order valence-electron chi connectivity index (χ3n) is 4.40. The molecule has 0 spiro atoms. The second kappa shape index (κ2) is 4.73. The van der Waals surface area contributed by atoms with Gasteiger partial charge < -0.3 is 10.2 Å². The number of nitrogens with zero attached hydrogens (tertiary/aromatic N) is 1. The summed E-state index contributed by atoms with van der Waals surface area (Å²) >= 11 is 0. The fraction of sp³-hybridized carbons (Fsp3) is 0.533. The zero-order valence-electron chi connectivity index (χ0n) is 10.8. The van der Waals surface area contributed by atoms with Crippen LogP contribution < -0.4 is 5.32 Å². The van der Waals surface area contributed by atoms with E-state index in [0.717, 1.165) is 25.3 Å². The maximum atomic E-state index is 12.3. The minimum Gasteiger partial charge on any atom is -0.326 e. The summed E-state index contributed by atoms with van der Waals surface area (Å²) < 4.78 is 0. The van der Waals surface area contributed by atoms with E-state index in [0.29, 0.717) is 11.8 Å². The molecule has 2 atom stereocenters. The highest BCUT2D eigenvalue weighted by Crippen LogP contribution is 2.45. The summed E-state index contributed by atoms with van der Waals surface area (Å²) in [4.78, 5) is 14.7. The first-order valence-corrected chi connectivity index (χ1v) is 6.86. The van der Waals surface area contributed by atoms with Crippen LogP contribution >= 0.6 is 0 Å². The highest BCUT2D eigenvalue weighted by Gasteiger charge is 2.49. The summed E-state index contributed by atoms with van der Waals surface area (Å²) in [6.45, 7) is 5.50. The highest BCUT2D eigenvalue weighted by atomic mass is 16.2. The summed E-state index contributed by atoms with van der Waals surface area (Å²) in [5.74, 6) is 1.62. The molecule has 1 N–H and O–H groups in total. The van der Waals surface area contributed by atoms with E-state index in [4.69, 9.17) is 0 Å². The van der Waals surface area contributed by atoms with Gasteiger partial charge in [-0.15, -0.1) is 0 Å². The van der Waals surface area contributed by atoms with Crippen molar-refractivity contribution in [1.29, 1.82) is 0 Å². The van der Waals surface area contributed by atoms with Crippen molar-refractivity contribution < 1.29 is 4.79 Å². The Labute approximate surface area is 108 Å². The number of hydrogen-bond acceptors (Lipinski definition) is 2. The van der Waals surface area contributed by atoms with E-state index in [1.807, 2.05) is 30.3 Å². The molecular formula is C15H20N2O. The van der Waals surface area contributed by atoms with E-state index in [9.17, 15) is 4.79 Å². The van der Waals surface area contributed by atoms with Crippen LogP contribution in [0.4, 0.5) is 5.69 Å². The van der Waals surface area contributed by atoms with Crippen LogP contribution in [0, 0.1) is 17.8 Å². The maximum absolute atomic E-state index is 12.3. The number of carbonyl (C=O) groups is 1. The molecule has 1 amide bonds. The SMILES string of the molecule is CCN1CC2CC(C1)C2C(=O)Nc1ccccc1. The molecule has 0 radical (unpaired) electrons. The maximum Gasteiger partial charge on any atom is 0.228 e. The second-order valence-corrected chi connectivity index (χ2v) is 5.49. The zero-order valence-corrected chi connectivity index (χ0v) is 10.8. The minimum absolute atomic E-state index is 0.221. The van der Waals surface area contributed by atoms with Gasteiger partial charge in [-0.1, -0.05) is 25.1 Å². The number of rotatable bonds is 3. The molecule has 2 heterocycles. The van der Waals surface area contributed by atoms with E-state index in [2.05, 4.69) is 17.1 Å². The van der Waals surface area contributed by atoms with Gasteiger partial charge in [-0.2, -0.15) is 0 Å². The lowest BCUT2D eigenvalue weighted by Gasteiger charge is -2.52. The van der Waals surface area contributed by atoms with E-state index in [-0.39, 0.29) is 11.8 Å². The van der Waals surface area contributed by atoms with Crippen LogP contribution in [0.15, 0.2) is 30.3 Å². The van der Waals surface area contributed by atoms with Crippen molar-refractivity contribution in [2.24, 2.45) is 17.8 Å². The minimum atomic E-state index is 0.221. The van der Waals surface area contributed by atoms with E-state index >= 15 is 0 Å². The number of para-hydroxylation sites is 1. The van der Waals surface area contributed by atoms with Gasteiger partial charge in [-0.05, 0) is 36.9 Å². The topological polar surface area (TPSA) is 32.3 Å². The summed E-state index contributed by atoms with van der Waals surface area (Å²) in [6.07, 6.45) is 1.24. The molecule has 1 aromatic carbocycles. The molecule has 1 aromatic rings. The first-order chi connectivity index (χ1) is 8.78. The van der Waals surface area contributed by atoms with Gasteiger partial charge in [0.2, 0.25) is 5.91 Å². The second-order valence-electron chi connectivity index (χ2n) is 5.49. The van der Waals surface area contributed by atoms with E-state index in [1.54, 1.807) is 0 Å². The molecule has 3 nitrogen and oxygen atoms in total. The van der Waals surface area contributed by atoms with E-state index in [1.165, 1.54) is 6.42 Å². The molecule has 2 unspecified atom stereocenters. The van der Waals surface area contributed by atoms with Gasteiger partial charge in [0.05, 0.1) is 0 Å².